The van der Waals surface area contributed by atoms with E-state index in [0.29, 0.717) is 15.5 Å². The highest BCUT2D eigenvalue weighted by molar-refractivity contribution is 6.32. The van der Waals surface area contributed by atoms with Gasteiger partial charge in [0.05, 0.1) is 46.7 Å². The van der Waals surface area contributed by atoms with E-state index in [-0.39, 0.29) is 22.2 Å². The summed E-state index contributed by atoms with van der Waals surface area (Å²) in [6.45, 7) is 0. The topological polar surface area (TPSA) is 117 Å². The number of hydrogen-bond acceptors (Lipinski definition) is 6. The average Bonchev–Trinajstić information content (AvgIpc) is 3.52. The van der Waals surface area contributed by atoms with Crippen molar-refractivity contribution in [1.82, 2.24) is 29.8 Å². The monoisotopic (exact) mass is 516 g/mol. The van der Waals surface area contributed by atoms with Crippen LogP contribution in [-0.2, 0) is 6.18 Å². The molecule has 3 heterocycles. The molecule has 5 aromatic rings. The molecular formula is C22H13ClF4N8O. The van der Waals surface area contributed by atoms with Gasteiger partial charge in [0.15, 0.2) is 5.69 Å². The van der Waals surface area contributed by atoms with Crippen molar-refractivity contribution < 1.29 is 22.4 Å². The van der Waals surface area contributed by atoms with Crippen molar-refractivity contribution in [2.24, 2.45) is 0 Å². The minimum Gasteiger partial charge on any atom is -0.383 e. The van der Waals surface area contributed by atoms with Gasteiger partial charge in [0, 0.05) is 16.8 Å². The van der Waals surface area contributed by atoms with Crippen LogP contribution in [0.4, 0.5) is 29.1 Å². The molecule has 0 aliphatic rings. The highest BCUT2D eigenvalue weighted by Crippen LogP contribution is 2.36. The van der Waals surface area contributed by atoms with Crippen molar-refractivity contribution in [3.05, 3.63) is 83.3 Å². The first kappa shape index (κ1) is 23.2. The number of nitrogen functional groups attached to an aromatic ring is 1. The van der Waals surface area contributed by atoms with Gasteiger partial charge in [-0.15, -0.1) is 4.80 Å². The van der Waals surface area contributed by atoms with Crippen molar-refractivity contribution in [1.29, 1.82) is 0 Å². The van der Waals surface area contributed by atoms with Crippen LogP contribution in [0, 0.1) is 5.82 Å². The number of hydrogen-bond donors (Lipinski definition) is 2. The molecule has 0 bridgehead atoms. The van der Waals surface area contributed by atoms with Crippen molar-refractivity contribution in [3.8, 4) is 11.4 Å². The van der Waals surface area contributed by atoms with Gasteiger partial charge in [0.1, 0.15) is 17.3 Å². The fourth-order valence-corrected chi connectivity index (χ4v) is 3.89. The highest BCUT2D eigenvalue weighted by atomic mass is 35.5. The van der Waals surface area contributed by atoms with Crippen LogP contribution in [0.15, 0.2) is 61.2 Å². The fraction of sp³-hybridized carbons (Fsp3) is 0.0455. The van der Waals surface area contributed by atoms with Gasteiger partial charge in [0.2, 0.25) is 0 Å². The molecule has 0 atom stereocenters. The van der Waals surface area contributed by atoms with Crippen LogP contribution >= 0.6 is 11.6 Å². The zero-order valence-electron chi connectivity index (χ0n) is 17.8. The second-order valence-corrected chi connectivity index (χ2v) is 7.85. The molecule has 0 saturated carbocycles. The third-order valence-corrected chi connectivity index (χ3v) is 5.54. The Kier molecular flexibility index (Phi) is 5.55. The maximum atomic E-state index is 14.7. The molecule has 0 unspecified atom stereocenters. The summed E-state index contributed by atoms with van der Waals surface area (Å²) in [7, 11) is 0. The first-order chi connectivity index (χ1) is 17.1. The fourth-order valence-electron chi connectivity index (χ4n) is 3.65. The summed E-state index contributed by atoms with van der Waals surface area (Å²) in [5.74, 6) is -2.09. The third kappa shape index (κ3) is 3.98. The van der Waals surface area contributed by atoms with Crippen LogP contribution in [0.3, 0.4) is 0 Å². The van der Waals surface area contributed by atoms with Gasteiger partial charge < -0.3 is 11.1 Å². The molecule has 2 aromatic carbocycles. The van der Waals surface area contributed by atoms with Gasteiger partial charge in [-0.05, 0) is 6.07 Å². The van der Waals surface area contributed by atoms with Crippen molar-refractivity contribution >= 4 is 39.8 Å². The van der Waals surface area contributed by atoms with Crippen LogP contribution in [0.2, 0.25) is 5.02 Å². The summed E-state index contributed by atoms with van der Waals surface area (Å²) in [5.41, 5.74) is 3.23. The molecule has 3 N–H and O–H groups in total. The number of anilines is 2. The van der Waals surface area contributed by atoms with E-state index < -0.39 is 34.8 Å². The van der Waals surface area contributed by atoms with Gasteiger partial charge in [-0.3, -0.25) is 4.79 Å². The highest BCUT2D eigenvalue weighted by Gasteiger charge is 2.41. The number of nitrogens with one attached hydrogen (secondary N) is 1. The van der Waals surface area contributed by atoms with E-state index in [9.17, 15) is 22.4 Å². The van der Waals surface area contributed by atoms with E-state index in [2.05, 4.69) is 25.6 Å². The lowest BCUT2D eigenvalue weighted by Crippen LogP contribution is -2.21. The molecule has 0 spiro atoms. The number of carbonyl (C=O) groups excluding carboxylic acids is 1. The molecule has 14 heteroatoms. The Morgan fingerprint density at radius 1 is 1.00 bits per heavy atom. The maximum Gasteiger partial charge on any atom is 0.434 e. The quantitative estimate of drug-likeness (QED) is 0.336. The second-order valence-electron chi connectivity index (χ2n) is 7.45. The number of fused-ring (bicyclic) bond motifs is 1. The predicted octanol–water partition coefficient (Wildman–Crippen LogP) is 4.65. The number of amides is 1. The number of nitrogens with two attached hydrogens (primary N) is 1. The summed E-state index contributed by atoms with van der Waals surface area (Å²) in [6.07, 6.45) is -0.439. The molecule has 0 aliphatic heterocycles. The Morgan fingerprint density at radius 2 is 1.69 bits per heavy atom. The van der Waals surface area contributed by atoms with Gasteiger partial charge in [0.25, 0.3) is 5.91 Å². The zero-order chi connectivity index (χ0) is 25.6. The lowest BCUT2D eigenvalue weighted by Gasteiger charge is -2.15. The Labute approximate surface area is 204 Å². The predicted molar refractivity (Wildman–Crippen MR) is 123 cm³/mol. The van der Waals surface area contributed by atoms with Gasteiger partial charge in [-0.1, -0.05) is 35.9 Å². The summed E-state index contributed by atoms with van der Waals surface area (Å²) in [6, 6.07) is 8.41. The minimum atomic E-state index is -5.00. The number of pyridine rings is 1. The third-order valence-electron chi connectivity index (χ3n) is 5.23. The van der Waals surface area contributed by atoms with Crippen LogP contribution < -0.4 is 11.1 Å². The Morgan fingerprint density at radius 3 is 2.39 bits per heavy atom. The molecule has 0 aliphatic carbocycles. The number of alkyl halides is 3. The van der Waals surface area contributed by atoms with E-state index >= 15 is 0 Å². The standard InChI is InChI=1S/C22H13ClF4N8O/c23-14-7-16(15(24)8-17(14)35-30-5-6-31-35)33-21(36)13-9-32-34(19(13)22(25,26)27)18-10-29-20(28)12-4-2-1-3-11(12)18/h1-10H,(H2,28,29)(H,33,36). The summed E-state index contributed by atoms with van der Waals surface area (Å²) < 4.78 is 57.8. The first-order valence-electron chi connectivity index (χ1n) is 10.1. The number of benzene rings is 2. The molecule has 9 nitrogen and oxygen atoms in total. The second kappa shape index (κ2) is 8.61. The van der Waals surface area contributed by atoms with E-state index in [4.69, 9.17) is 17.3 Å². The Hall–Kier alpha value is -4.52. The number of rotatable bonds is 4. The van der Waals surface area contributed by atoms with Gasteiger partial charge in [-0.25, -0.2) is 14.1 Å². The molecule has 0 saturated heterocycles. The van der Waals surface area contributed by atoms with Crippen molar-refractivity contribution in [2.75, 3.05) is 11.1 Å². The number of carbonyl (C=O) groups is 1. The molecule has 0 fully saturated rings. The smallest absolute Gasteiger partial charge is 0.383 e. The lowest BCUT2D eigenvalue weighted by atomic mass is 10.1. The largest absolute Gasteiger partial charge is 0.434 e. The van der Waals surface area contributed by atoms with E-state index in [1.807, 2.05) is 0 Å². The lowest BCUT2D eigenvalue weighted by molar-refractivity contribution is -0.143. The molecule has 3 aromatic heterocycles. The molecule has 5 rings (SSSR count). The summed E-state index contributed by atoms with van der Waals surface area (Å²) >= 11 is 6.15. The van der Waals surface area contributed by atoms with E-state index in [0.717, 1.165) is 29.3 Å². The number of aromatic nitrogens is 6. The van der Waals surface area contributed by atoms with E-state index in [1.54, 1.807) is 24.3 Å². The average molecular weight is 517 g/mol. The molecule has 0 radical (unpaired) electrons. The number of halogens is 5. The Bertz CT molecular complexity index is 1610. The van der Waals surface area contributed by atoms with Gasteiger partial charge in [-0.2, -0.15) is 28.5 Å². The number of nitrogens with zero attached hydrogens (tertiary/aromatic N) is 6. The van der Waals surface area contributed by atoms with Crippen molar-refractivity contribution in [2.45, 2.75) is 6.18 Å². The SMILES string of the molecule is Nc1ncc(-n2ncc(C(=O)Nc3cc(Cl)c(-n4nccn4)cc3F)c2C(F)(F)F)c2ccccc12. The van der Waals surface area contributed by atoms with Gasteiger partial charge >= 0.3 is 6.18 Å². The molecular weight excluding hydrogens is 504 g/mol. The van der Waals surface area contributed by atoms with Crippen LogP contribution in [-0.4, -0.2) is 35.7 Å². The first-order valence-corrected chi connectivity index (χ1v) is 10.5. The zero-order valence-corrected chi connectivity index (χ0v) is 18.6. The normalized spacial score (nSPS) is 11.7. The summed E-state index contributed by atoms with van der Waals surface area (Å²) in [4.78, 5) is 17.9. The van der Waals surface area contributed by atoms with Crippen LogP contribution in [0.25, 0.3) is 22.1 Å². The molecule has 182 valence electrons. The van der Waals surface area contributed by atoms with Crippen LogP contribution in [0.5, 0.6) is 0 Å². The maximum absolute atomic E-state index is 14.7. The summed E-state index contributed by atoms with van der Waals surface area (Å²) in [5, 5.41) is 14.3. The minimum absolute atomic E-state index is 0.0449. The molecule has 36 heavy (non-hydrogen) atoms. The van der Waals surface area contributed by atoms with Crippen molar-refractivity contribution in [3.63, 3.8) is 0 Å². The Balaban J connectivity index is 1.57. The van der Waals surface area contributed by atoms with E-state index in [1.165, 1.54) is 12.4 Å². The molecule has 1 amide bonds. The van der Waals surface area contributed by atoms with Crippen LogP contribution in [0.1, 0.15) is 16.1 Å².